The van der Waals surface area contributed by atoms with Crippen LogP contribution in [0.5, 0.6) is 0 Å². The Labute approximate surface area is 164 Å². The fraction of sp³-hybridized carbons (Fsp3) is 0.760. The van der Waals surface area contributed by atoms with Crippen LogP contribution in [-0.2, 0) is 12.8 Å². The first kappa shape index (κ1) is 19.4. The fourth-order valence-corrected chi connectivity index (χ4v) is 6.66. The monoisotopic (exact) mass is 374 g/mol. The Balaban J connectivity index is 1.28. The first-order valence-electron chi connectivity index (χ1n) is 11.6. The van der Waals surface area contributed by atoms with Crippen LogP contribution in [0.15, 0.2) is 12.1 Å². The lowest BCUT2D eigenvalue weighted by molar-refractivity contribution is 0.119. The van der Waals surface area contributed by atoms with E-state index in [1.165, 1.54) is 70.3 Å². The third-order valence-electron chi connectivity index (χ3n) is 8.28. The van der Waals surface area contributed by atoms with E-state index in [2.05, 4.69) is 6.92 Å². The molecule has 0 nitrogen and oxygen atoms in total. The summed E-state index contributed by atoms with van der Waals surface area (Å²) in [6.07, 6.45) is 17.0. The van der Waals surface area contributed by atoms with E-state index in [-0.39, 0.29) is 0 Å². The highest BCUT2D eigenvalue weighted by molar-refractivity contribution is 5.32. The Kier molecular flexibility index (Phi) is 6.19. The topological polar surface area (TPSA) is 0 Å². The summed E-state index contributed by atoms with van der Waals surface area (Å²) in [7, 11) is 0. The minimum Gasteiger partial charge on any atom is -0.204 e. The number of halogens is 2. The maximum Gasteiger partial charge on any atom is 0.162 e. The molecule has 1 unspecified atom stereocenters. The van der Waals surface area contributed by atoms with Gasteiger partial charge >= 0.3 is 0 Å². The van der Waals surface area contributed by atoms with E-state index in [1.807, 2.05) is 6.07 Å². The lowest BCUT2D eigenvalue weighted by Crippen LogP contribution is -2.30. The highest BCUT2D eigenvalue weighted by atomic mass is 19.2. The minimum atomic E-state index is -0.679. The standard InChI is InChI=1S/C25H36F2/c1-2-3-17-4-6-18(7-5-17)19-8-10-20(11-9-19)21-12-14-23-22(16-21)13-15-24(26)25(23)27/h13,15,17-21H,2-12,14,16H2,1H3. The number of hydrogen-bond donors (Lipinski definition) is 0. The highest BCUT2D eigenvalue weighted by Crippen LogP contribution is 2.45. The molecule has 150 valence electrons. The maximum atomic E-state index is 14.0. The molecule has 0 saturated heterocycles. The van der Waals surface area contributed by atoms with E-state index >= 15 is 0 Å². The predicted molar refractivity (Wildman–Crippen MR) is 108 cm³/mol. The van der Waals surface area contributed by atoms with Gasteiger partial charge in [-0.05, 0) is 105 Å². The van der Waals surface area contributed by atoms with E-state index in [0.717, 1.165) is 48.5 Å². The van der Waals surface area contributed by atoms with Gasteiger partial charge in [0.25, 0.3) is 0 Å². The zero-order valence-electron chi connectivity index (χ0n) is 17.0. The first-order chi connectivity index (χ1) is 13.2. The van der Waals surface area contributed by atoms with Crippen LogP contribution in [0.1, 0.15) is 88.7 Å². The van der Waals surface area contributed by atoms with Crippen molar-refractivity contribution in [3.8, 4) is 0 Å². The van der Waals surface area contributed by atoms with Crippen molar-refractivity contribution < 1.29 is 8.78 Å². The van der Waals surface area contributed by atoms with Gasteiger partial charge in [-0.3, -0.25) is 0 Å². The van der Waals surface area contributed by atoms with Gasteiger partial charge in [-0.1, -0.05) is 38.7 Å². The second kappa shape index (κ2) is 8.62. The Morgan fingerprint density at radius 1 is 0.778 bits per heavy atom. The van der Waals surface area contributed by atoms with Gasteiger partial charge < -0.3 is 0 Å². The lowest BCUT2D eigenvalue weighted by atomic mass is 9.65. The highest BCUT2D eigenvalue weighted by Gasteiger charge is 2.34. The van der Waals surface area contributed by atoms with E-state index in [9.17, 15) is 8.78 Å². The number of hydrogen-bond acceptors (Lipinski definition) is 0. The molecule has 27 heavy (non-hydrogen) atoms. The summed E-state index contributed by atoms with van der Waals surface area (Å²) in [6.45, 7) is 2.32. The summed E-state index contributed by atoms with van der Waals surface area (Å²) in [5.74, 6) is 3.18. The van der Waals surface area contributed by atoms with Crippen LogP contribution in [0.2, 0.25) is 0 Å². The van der Waals surface area contributed by atoms with E-state index in [4.69, 9.17) is 0 Å². The Bertz CT molecular complexity index is 621. The molecular weight excluding hydrogens is 338 g/mol. The third-order valence-corrected chi connectivity index (χ3v) is 8.28. The van der Waals surface area contributed by atoms with Gasteiger partial charge in [0.15, 0.2) is 11.6 Å². The van der Waals surface area contributed by atoms with Crippen LogP contribution in [0.4, 0.5) is 8.78 Å². The average Bonchev–Trinajstić information content (AvgIpc) is 2.72. The van der Waals surface area contributed by atoms with Gasteiger partial charge in [0.1, 0.15) is 0 Å². The quantitative estimate of drug-likeness (QED) is 0.512. The molecule has 3 aliphatic rings. The fourth-order valence-electron chi connectivity index (χ4n) is 6.66. The smallest absolute Gasteiger partial charge is 0.162 e. The number of fused-ring (bicyclic) bond motifs is 1. The Morgan fingerprint density at radius 3 is 2.00 bits per heavy atom. The van der Waals surface area contributed by atoms with E-state index < -0.39 is 11.6 Å². The van der Waals surface area contributed by atoms with Crippen LogP contribution in [-0.4, -0.2) is 0 Å². The van der Waals surface area contributed by atoms with Crippen molar-refractivity contribution in [3.63, 3.8) is 0 Å². The van der Waals surface area contributed by atoms with Crippen molar-refractivity contribution in [2.24, 2.45) is 29.6 Å². The van der Waals surface area contributed by atoms with Crippen LogP contribution < -0.4 is 0 Å². The summed E-state index contributed by atoms with van der Waals surface area (Å²) >= 11 is 0. The summed E-state index contributed by atoms with van der Waals surface area (Å²) in [5.41, 5.74) is 1.73. The lowest BCUT2D eigenvalue weighted by Gasteiger charge is -2.41. The molecule has 0 aromatic heterocycles. The largest absolute Gasteiger partial charge is 0.204 e. The third kappa shape index (κ3) is 4.25. The number of rotatable bonds is 4. The van der Waals surface area contributed by atoms with Crippen LogP contribution in [0.3, 0.4) is 0 Å². The molecule has 0 aliphatic heterocycles. The van der Waals surface area contributed by atoms with Gasteiger partial charge in [0.05, 0.1) is 0 Å². The molecule has 0 N–H and O–H groups in total. The Hall–Kier alpha value is -0.920. The van der Waals surface area contributed by atoms with Crippen LogP contribution in [0, 0.1) is 41.2 Å². The van der Waals surface area contributed by atoms with Crippen molar-refractivity contribution >= 4 is 0 Å². The zero-order chi connectivity index (χ0) is 18.8. The van der Waals surface area contributed by atoms with Crippen molar-refractivity contribution in [3.05, 3.63) is 34.9 Å². The van der Waals surface area contributed by atoms with Gasteiger partial charge in [-0.15, -0.1) is 0 Å². The molecule has 0 bridgehead atoms. The van der Waals surface area contributed by atoms with Crippen LogP contribution >= 0.6 is 0 Å². The maximum absolute atomic E-state index is 14.0. The molecular formula is C25H36F2. The predicted octanol–water partition coefficient (Wildman–Crippen LogP) is 7.48. The SMILES string of the molecule is CCCC1CCC(C2CCC(C3CCc4c(ccc(F)c4F)C3)CC2)CC1. The van der Waals surface area contributed by atoms with Crippen molar-refractivity contribution in [2.75, 3.05) is 0 Å². The first-order valence-corrected chi connectivity index (χ1v) is 11.6. The molecule has 0 spiro atoms. The summed E-state index contributed by atoms with van der Waals surface area (Å²) in [5, 5.41) is 0. The molecule has 3 aliphatic carbocycles. The molecule has 0 amide bonds. The van der Waals surface area contributed by atoms with Crippen molar-refractivity contribution in [1.82, 2.24) is 0 Å². The summed E-state index contributed by atoms with van der Waals surface area (Å²) < 4.78 is 27.5. The normalized spacial score (nSPS) is 34.3. The van der Waals surface area contributed by atoms with Gasteiger partial charge in [0, 0.05) is 0 Å². The Morgan fingerprint density at radius 2 is 1.37 bits per heavy atom. The molecule has 1 aromatic carbocycles. The minimum absolute atomic E-state index is 0.590. The van der Waals surface area contributed by atoms with Gasteiger partial charge in [0.2, 0.25) is 0 Å². The number of benzene rings is 1. The molecule has 2 heteroatoms. The van der Waals surface area contributed by atoms with Crippen LogP contribution in [0.25, 0.3) is 0 Å². The second-order valence-corrected chi connectivity index (χ2v) is 9.75. The molecule has 4 rings (SSSR count). The van der Waals surface area contributed by atoms with Crippen molar-refractivity contribution in [1.29, 1.82) is 0 Å². The molecule has 2 fully saturated rings. The summed E-state index contributed by atoms with van der Waals surface area (Å²) in [4.78, 5) is 0. The van der Waals surface area contributed by atoms with E-state index in [1.54, 1.807) is 0 Å². The molecule has 0 heterocycles. The molecule has 2 saturated carbocycles. The zero-order valence-corrected chi connectivity index (χ0v) is 17.0. The molecule has 1 atom stereocenters. The summed E-state index contributed by atoms with van der Waals surface area (Å²) in [6, 6.07) is 3.16. The van der Waals surface area contributed by atoms with Crippen molar-refractivity contribution in [2.45, 2.75) is 90.4 Å². The average molecular weight is 375 g/mol. The van der Waals surface area contributed by atoms with Gasteiger partial charge in [-0.2, -0.15) is 0 Å². The molecule has 0 radical (unpaired) electrons. The molecule has 1 aromatic rings. The van der Waals surface area contributed by atoms with Gasteiger partial charge in [-0.25, -0.2) is 8.78 Å². The van der Waals surface area contributed by atoms with E-state index in [0.29, 0.717) is 11.5 Å². The second-order valence-electron chi connectivity index (χ2n) is 9.75.